The van der Waals surface area contributed by atoms with Crippen LogP contribution in [-0.4, -0.2) is 9.55 Å². The van der Waals surface area contributed by atoms with Crippen LogP contribution in [-0.2, 0) is 6.54 Å². The van der Waals surface area contributed by atoms with Gasteiger partial charge in [0.2, 0.25) is 5.95 Å². The number of nitrogens with zero attached hydrogens (tertiary/aromatic N) is 2. The molecule has 0 amide bonds. The van der Waals surface area contributed by atoms with Gasteiger partial charge in [0.25, 0.3) is 0 Å². The smallest absolute Gasteiger partial charge is 0.203 e. The molecule has 0 spiro atoms. The Hall–Kier alpha value is -1.19. The zero-order valence-electron chi connectivity index (χ0n) is 12.8. The fourth-order valence-electron chi connectivity index (χ4n) is 2.32. The lowest BCUT2D eigenvalue weighted by Crippen LogP contribution is -2.13. The molecule has 1 aromatic heterocycles. The van der Waals surface area contributed by atoms with Crippen LogP contribution in [0.4, 0.5) is 5.95 Å². The van der Waals surface area contributed by atoms with Gasteiger partial charge >= 0.3 is 0 Å². The summed E-state index contributed by atoms with van der Waals surface area (Å²) in [6, 6.07) is 5.63. The predicted octanol–water partition coefficient (Wildman–Crippen LogP) is 5.33. The highest BCUT2D eigenvalue weighted by Gasteiger charge is 2.14. The molecule has 0 bridgehead atoms. The Morgan fingerprint density at radius 3 is 2.57 bits per heavy atom. The average Bonchev–Trinajstić information content (AvgIpc) is 2.68. The topological polar surface area (TPSA) is 29.9 Å². The van der Waals surface area contributed by atoms with Gasteiger partial charge in [0.15, 0.2) is 0 Å². The summed E-state index contributed by atoms with van der Waals surface area (Å²) in [4.78, 5) is 4.56. The summed E-state index contributed by atoms with van der Waals surface area (Å²) in [5.74, 6) is 1.44. The Morgan fingerprint density at radius 2 is 1.95 bits per heavy atom. The molecule has 1 unspecified atom stereocenters. The summed E-state index contributed by atoms with van der Waals surface area (Å²) in [6.07, 6.45) is 2.07. The van der Waals surface area contributed by atoms with Gasteiger partial charge in [-0.05, 0) is 37.5 Å². The van der Waals surface area contributed by atoms with Gasteiger partial charge in [-0.1, -0.05) is 43.1 Å². The summed E-state index contributed by atoms with van der Waals surface area (Å²) >= 11 is 12.2. The standard InChI is InChI=1S/C16H21Cl2N3/c1-10(2)8-21-9-11(3)19-16(21)20-12(4)14-6-5-13(17)7-15(14)18/h5-7,9-10,12H,8H2,1-4H3,(H,19,20). The first-order valence-corrected chi connectivity index (χ1v) is 7.87. The summed E-state index contributed by atoms with van der Waals surface area (Å²) in [5.41, 5.74) is 2.02. The second kappa shape index (κ2) is 6.71. The second-order valence-electron chi connectivity index (χ2n) is 5.78. The summed E-state index contributed by atoms with van der Waals surface area (Å²) in [7, 11) is 0. The molecule has 2 rings (SSSR count). The lowest BCUT2D eigenvalue weighted by Gasteiger charge is -2.18. The number of anilines is 1. The quantitative estimate of drug-likeness (QED) is 0.805. The molecule has 1 atom stereocenters. The van der Waals surface area contributed by atoms with Crippen LogP contribution >= 0.6 is 23.2 Å². The van der Waals surface area contributed by atoms with E-state index in [2.05, 4.69) is 41.8 Å². The van der Waals surface area contributed by atoms with Crippen molar-refractivity contribution in [1.82, 2.24) is 9.55 Å². The molecule has 0 radical (unpaired) electrons. The van der Waals surface area contributed by atoms with E-state index in [0.717, 1.165) is 23.8 Å². The van der Waals surface area contributed by atoms with Gasteiger partial charge in [-0.25, -0.2) is 4.98 Å². The number of aryl methyl sites for hydroxylation is 1. The normalized spacial score (nSPS) is 12.7. The fraction of sp³-hybridized carbons (Fsp3) is 0.438. The molecule has 0 aliphatic rings. The molecule has 3 nitrogen and oxygen atoms in total. The largest absolute Gasteiger partial charge is 0.349 e. The van der Waals surface area contributed by atoms with Gasteiger partial charge in [-0.15, -0.1) is 0 Å². The number of aromatic nitrogens is 2. The predicted molar refractivity (Wildman–Crippen MR) is 90.3 cm³/mol. The Morgan fingerprint density at radius 1 is 1.24 bits per heavy atom. The number of imidazole rings is 1. The first-order valence-electron chi connectivity index (χ1n) is 7.12. The molecule has 0 fully saturated rings. The molecule has 0 aliphatic carbocycles. The maximum Gasteiger partial charge on any atom is 0.203 e. The van der Waals surface area contributed by atoms with Crippen molar-refractivity contribution >= 4 is 29.2 Å². The molecule has 1 heterocycles. The van der Waals surface area contributed by atoms with Gasteiger partial charge in [0.05, 0.1) is 11.7 Å². The van der Waals surface area contributed by atoms with Crippen LogP contribution in [0.3, 0.4) is 0 Å². The maximum atomic E-state index is 6.27. The Labute approximate surface area is 136 Å². The average molecular weight is 326 g/mol. The van der Waals surface area contributed by atoms with Gasteiger partial charge in [0.1, 0.15) is 0 Å². The molecule has 1 aromatic carbocycles. The zero-order chi connectivity index (χ0) is 15.6. The van der Waals surface area contributed by atoms with Crippen molar-refractivity contribution in [3.8, 4) is 0 Å². The van der Waals surface area contributed by atoms with E-state index in [9.17, 15) is 0 Å². The lowest BCUT2D eigenvalue weighted by atomic mass is 10.1. The minimum atomic E-state index is 0.0579. The second-order valence-corrected chi connectivity index (χ2v) is 6.63. The summed E-state index contributed by atoms with van der Waals surface area (Å²) in [5, 5.41) is 4.75. The van der Waals surface area contributed by atoms with Gasteiger partial charge in [-0.2, -0.15) is 0 Å². The van der Waals surface area contributed by atoms with E-state index in [4.69, 9.17) is 23.2 Å². The first kappa shape index (κ1) is 16.2. The number of hydrogen-bond donors (Lipinski definition) is 1. The zero-order valence-corrected chi connectivity index (χ0v) is 14.3. The molecule has 21 heavy (non-hydrogen) atoms. The number of rotatable bonds is 5. The van der Waals surface area contributed by atoms with E-state index in [1.807, 2.05) is 19.1 Å². The van der Waals surface area contributed by atoms with Crippen LogP contribution in [0.2, 0.25) is 10.0 Å². The third-order valence-corrected chi connectivity index (χ3v) is 3.80. The molecule has 2 aromatic rings. The molecular weight excluding hydrogens is 305 g/mol. The third kappa shape index (κ3) is 4.14. The Kier molecular flexibility index (Phi) is 5.17. The van der Waals surface area contributed by atoms with Crippen LogP contribution in [0.1, 0.15) is 38.1 Å². The third-order valence-electron chi connectivity index (χ3n) is 3.23. The molecule has 5 heteroatoms. The molecule has 0 aliphatic heterocycles. The van der Waals surface area contributed by atoms with E-state index in [1.165, 1.54) is 0 Å². The number of halogens is 2. The molecule has 114 valence electrons. The van der Waals surface area contributed by atoms with Crippen LogP contribution < -0.4 is 5.32 Å². The molecule has 0 saturated heterocycles. The Balaban J connectivity index is 2.21. The van der Waals surface area contributed by atoms with Gasteiger partial charge < -0.3 is 9.88 Å². The van der Waals surface area contributed by atoms with Crippen LogP contribution in [0.15, 0.2) is 24.4 Å². The summed E-state index contributed by atoms with van der Waals surface area (Å²) in [6.45, 7) is 9.39. The molecule has 1 N–H and O–H groups in total. The minimum Gasteiger partial charge on any atom is -0.349 e. The van der Waals surface area contributed by atoms with E-state index in [-0.39, 0.29) is 6.04 Å². The van der Waals surface area contributed by atoms with E-state index < -0.39 is 0 Å². The van der Waals surface area contributed by atoms with Crippen LogP contribution in [0.25, 0.3) is 0 Å². The van der Waals surface area contributed by atoms with Gasteiger partial charge in [0, 0.05) is 22.8 Å². The van der Waals surface area contributed by atoms with Crippen molar-refractivity contribution < 1.29 is 0 Å². The van der Waals surface area contributed by atoms with E-state index in [1.54, 1.807) is 6.07 Å². The van der Waals surface area contributed by atoms with Crippen molar-refractivity contribution in [3.05, 3.63) is 45.7 Å². The SMILES string of the molecule is Cc1cn(CC(C)C)c(NC(C)c2ccc(Cl)cc2Cl)n1. The van der Waals surface area contributed by atoms with E-state index in [0.29, 0.717) is 16.0 Å². The maximum absolute atomic E-state index is 6.27. The Bertz CT molecular complexity index is 620. The lowest BCUT2D eigenvalue weighted by molar-refractivity contribution is 0.524. The van der Waals surface area contributed by atoms with Crippen molar-refractivity contribution in [3.63, 3.8) is 0 Å². The molecular formula is C16H21Cl2N3. The van der Waals surface area contributed by atoms with Crippen molar-refractivity contribution in [2.24, 2.45) is 5.92 Å². The number of benzene rings is 1. The van der Waals surface area contributed by atoms with Crippen LogP contribution in [0, 0.1) is 12.8 Å². The number of hydrogen-bond acceptors (Lipinski definition) is 2. The van der Waals surface area contributed by atoms with Crippen molar-refractivity contribution in [2.75, 3.05) is 5.32 Å². The fourth-order valence-corrected chi connectivity index (χ4v) is 2.89. The first-order chi connectivity index (χ1) is 9.86. The van der Waals surface area contributed by atoms with E-state index >= 15 is 0 Å². The number of nitrogens with one attached hydrogen (secondary N) is 1. The minimum absolute atomic E-state index is 0.0579. The van der Waals surface area contributed by atoms with Crippen molar-refractivity contribution in [1.29, 1.82) is 0 Å². The highest BCUT2D eigenvalue weighted by atomic mass is 35.5. The molecule has 0 saturated carbocycles. The summed E-state index contributed by atoms with van der Waals surface area (Å²) < 4.78 is 2.15. The highest BCUT2D eigenvalue weighted by molar-refractivity contribution is 6.35. The van der Waals surface area contributed by atoms with Crippen molar-refractivity contribution in [2.45, 2.75) is 40.3 Å². The highest BCUT2D eigenvalue weighted by Crippen LogP contribution is 2.28. The van der Waals surface area contributed by atoms with Crippen LogP contribution in [0.5, 0.6) is 0 Å². The monoisotopic (exact) mass is 325 g/mol. The van der Waals surface area contributed by atoms with Gasteiger partial charge in [-0.3, -0.25) is 0 Å².